The quantitative estimate of drug-likeness (QED) is 0.735. The van der Waals surface area contributed by atoms with Crippen LogP contribution in [0.5, 0.6) is 5.75 Å². The lowest BCUT2D eigenvalue weighted by atomic mass is 10.1. The number of amides is 2. The molecule has 1 aromatic rings. The molecule has 5 heteroatoms. The Morgan fingerprint density at radius 1 is 1.32 bits per heavy atom. The molecule has 1 aromatic carbocycles. The molecule has 0 spiro atoms. The highest BCUT2D eigenvalue weighted by Crippen LogP contribution is 2.18. The number of carbonyl (C=O) groups is 1. The first kappa shape index (κ1) is 19.6. The fraction of sp³-hybridized carbons (Fsp3) is 0.650. The van der Waals surface area contributed by atoms with Crippen LogP contribution in [0.2, 0.25) is 0 Å². The average Bonchev–Trinajstić information content (AvgIpc) is 3.05. The highest BCUT2D eigenvalue weighted by atomic mass is 16.5. The summed E-state index contributed by atoms with van der Waals surface area (Å²) in [6, 6.07) is 6.37. The van der Waals surface area contributed by atoms with Gasteiger partial charge in [0.2, 0.25) is 0 Å². The summed E-state index contributed by atoms with van der Waals surface area (Å²) in [6.07, 6.45) is 3.37. The summed E-state index contributed by atoms with van der Waals surface area (Å²) in [6.45, 7) is 10.8. The van der Waals surface area contributed by atoms with Crippen molar-refractivity contribution in [1.29, 1.82) is 0 Å². The molecule has 1 saturated heterocycles. The van der Waals surface area contributed by atoms with E-state index in [4.69, 9.17) is 4.74 Å². The molecule has 1 aliphatic heterocycles. The lowest BCUT2D eigenvalue weighted by molar-refractivity contribution is 0.195. The van der Waals surface area contributed by atoms with Crippen LogP contribution >= 0.6 is 0 Å². The molecule has 0 unspecified atom stereocenters. The second kappa shape index (κ2) is 9.66. The Kier molecular flexibility index (Phi) is 7.56. The lowest BCUT2D eigenvalue weighted by Crippen LogP contribution is -2.46. The van der Waals surface area contributed by atoms with E-state index in [9.17, 15) is 4.79 Å². The third-order valence-corrected chi connectivity index (χ3v) is 4.67. The molecule has 2 rings (SSSR count). The summed E-state index contributed by atoms with van der Waals surface area (Å²) in [7, 11) is 1.84. The summed E-state index contributed by atoms with van der Waals surface area (Å²) in [4.78, 5) is 16.4. The summed E-state index contributed by atoms with van der Waals surface area (Å²) in [5.74, 6) is 0.928. The summed E-state index contributed by atoms with van der Waals surface area (Å²) < 4.78 is 5.83. The van der Waals surface area contributed by atoms with Gasteiger partial charge in [-0.05, 0) is 64.8 Å². The molecule has 1 heterocycles. The fourth-order valence-electron chi connectivity index (χ4n) is 3.27. The maximum atomic E-state index is 12.2. The smallest absolute Gasteiger partial charge is 0.317 e. The van der Waals surface area contributed by atoms with E-state index >= 15 is 0 Å². The van der Waals surface area contributed by atoms with Gasteiger partial charge in [-0.15, -0.1) is 0 Å². The summed E-state index contributed by atoms with van der Waals surface area (Å²) in [5.41, 5.74) is 2.39. The molecule has 1 atom stereocenters. The van der Waals surface area contributed by atoms with E-state index < -0.39 is 0 Å². The van der Waals surface area contributed by atoms with Gasteiger partial charge in [-0.1, -0.05) is 17.7 Å². The number of rotatable bonds is 8. The van der Waals surface area contributed by atoms with Gasteiger partial charge in [0.05, 0.1) is 6.61 Å². The van der Waals surface area contributed by atoms with Crippen molar-refractivity contribution in [2.24, 2.45) is 0 Å². The number of hydrogen-bond acceptors (Lipinski definition) is 3. The minimum absolute atomic E-state index is 0.00165. The predicted octanol–water partition coefficient (Wildman–Crippen LogP) is 3.20. The first-order chi connectivity index (χ1) is 12.0. The highest BCUT2D eigenvalue weighted by molar-refractivity contribution is 5.74. The molecule has 0 saturated carbocycles. The largest absolute Gasteiger partial charge is 0.493 e. The number of urea groups is 1. The Balaban J connectivity index is 1.63. The van der Waals surface area contributed by atoms with Crippen LogP contribution in [0.4, 0.5) is 4.79 Å². The number of nitrogens with zero attached hydrogens (tertiary/aromatic N) is 2. The Labute approximate surface area is 152 Å². The van der Waals surface area contributed by atoms with Gasteiger partial charge in [-0.25, -0.2) is 4.79 Å². The number of carbonyl (C=O) groups excluding carboxylic acids is 1. The van der Waals surface area contributed by atoms with Crippen LogP contribution in [0.15, 0.2) is 18.2 Å². The van der Waals surface area contributed by atoms with E-state index in [1.54, 1.807) is 4.90 Å². The summed E-state index contributed by atoms with van der Waals surface area (Å²) >= 11 is 0. The molecule has 1 aliphatic rings. The standard InChI is InChI=1S/C20H33N3O2/c1-16-8-9-19(17(2)14-16)25-13-7-10-22(4)20(24)21-18(3)15-23-11-5-6-12-23/h8-9,14,18H,5-7,10-13,15H2,1-4H3,(H,21,24)/t18-/m1/s1. The number of ether oxygens (including phenoxy) is 1. The minimum atomic E-state index is -0.00165. The van der Waals surface area contributed by atoms with Gasteiger partial charge in [0.1, 0.15) is 5.75 Å². The monoisotopic (exact) mass is 347 g/mol. The molecule has 0 radical (unpaired) electrons. The zero-order valence-electron chi connectivity index (χ0n) is 16.2. The second-order valence-corrected chi connectivity index (χ2v) is 7.25. The number of hydrogen-bond donors (Lipinski definition) is 1. The number of aryl methyl sites for hydroxylation is 2. The van der Waals surface area contributed by atoms with E-state index in [0.29, 0.717) is 13.2 Å². The van der Waals surface area contributed by atoms with E-state index in [1.807, 2.05) is 13.1 Å². The van der Waals surface area contributed by atoms with Crippen molar-refractivity contribution in [3.63, 3.8) is 0 Å². The number of benzene rings is 1. The lowest BCUT2D eigenvalue weighted by Gasteiger charge is -2.24. The van der Waals surface area contributed by atoms with Crippen molar-refractivity contribution >= 4 is 6.03 Å². The molecule has 5 nitrogen and oxygen atoms in total. The van der Waals surface area contributed by atoms with Crippen LogP contribution in [0.3, 0.4) is 0 Å². The Morgan fingerprint density at radius 2 is 2.04 bits per heavy atom. The molecule has 0 aromatic heterocycles. The summed E-state index contributed by atoms with van der Waals surface area (Å²) in [5, 5.41) is 3.08. The van der Waals surface area contributed by atoms with Crippen molar-refractivity contribution in [2.75, 3.05) is 39.8 Å². The Hall–Kier alpha value is -1.75. The molecular weight excluding hydrogens is 314 g/mol. The van der Waals surface area contributed by atoms with Gasteiger partial charge in [0, 0.05) is 26.2 Å². The molecule has 0 aliphatic carbocycles. The SMILES string of the molecule is Cc1ccc(OCCCN(C)C(=O)N[C@H](C)CN2CCCC2)c(C)c1. The van der Waals surface area contributed by atoms with Crippen LogP contribution in [0.1, 0.15) is 37.3 Å². The predicted molar refractivity (Wildman–Crippen MR) is 102 cm³/mol. The first-order valence-corrected chi connectivity index (χ1v) is 9.39. The van der Waals surface area contributed by atoms with Crippen LogP contribution in [-0.4, -0.2) is 61.7 Å². The van der Waals surface area contributed by atoms with Gasteiger partial charge in [0.15, 0.2) is 0 Å². The van der Waals surface area contributed by atoms with Gasteiger partial charge in [0.25, 0.3) is 0 Å². The minimum Gasteiger partial charge on any atom is -0.493 e. The van der Waals surface area contributed by atoms with Crippen LogP contribution in [0.25, 0.3) is 0 Å². The first-order valence-electron chi connectivity index (χ1n) is 9.39. The van der Waals surface area contributed by atoms with E-state index in [-0.39, 0.29) is 12.1 Å². The second-order valence-electron chi connectivity index (χ2n) is 7.25. The molecule has 1 fully saturated rings. The molecular formula is C20H33N3O2. The van der Waals surface area contributed by atoms with Crippen molar-refractivity contribution in [3.8, 4) is 5.75 Å². The molecule has 25 heavy (non-hydrogen) atoms. The van der Waals surface area contributed by atoms with Gasteiger partial charge < -0.3 is 19.9 Å². The molecule has 140 valence electrons. The van der Waals surface area contributed by atoms with Gasteiger partial charge in [-0.3, -0.25) is 0 Å². The molecule has 0 bridgehead atoms. The topological polar surface area (TPSA) is 44.8 Å². The third-order valence-electron chi connectivity index (χ3n) is 4.67. The van der Waals surface area contributed by atoms with E-state index in [2.05, 4.69) is 43.1 Å². The third kappa shape index (κ3) is 6.58. The maximum Gasteiger partial charge on any atom is 0.317 e. The fourth-order valence-corrected chi connectivity index (χ4v) is 3.27. The zero-order chi connectivity index (χ0) is 18.2. The van der Waals surface area contributed by atoms with Crippen LogP contribution in [0, 0.1) is 13.8 Å². The highest BCUT2D eigenvalue weighted by Gasteiger charge is 2.17. The van der Waals surface area contributed by atoms with Crippen molar-refractivity contribution in [2.45, 2.75) is 46.1 Å². The number of nitrogens with one attached hydrogen (secondary N) is 1. The Bertz CT molecular complexity index is 556. The van der Waals surface area contributed by atoms with Gasteiger partial charge >= 0.3 is 6.03 Å². The maximum absolute atomic E-state index is 12.2. The Morgan fingerprint density at radius 3 is 2.72 bits per heavy atom. The van der Waals surface area contributed by atoms with Crippen LogP contribution in [-0.2, 0) is 0 Å². The molecule has 2 amide bonds. The van der Waals surface area contributed by atoms with E-state index in [1.165, 1.54) is 18.4 Å². The van der Waals surface area contributed by atoms with Crippen molar-refractivity contribution in [1.82, 2.24) is 15.1 Å². The van der Waals surface area contributed by atoms with Crippen LogP contribution < -0.4 is 10.1 Å². The normalized spacial score (nSPS) is 15.8. The number of likely N-dealkylation sites (tertiary alicyclic amines) is 1. The molecule has 1 N–H and O–H groups in total. The average molecular weight is 348 g/mol. The van der Waals surface area contributed by atoms with E-state index in [0.717, 1.165) is 37.4 Å². The van der Waals surface area contributed by atoms with Crippen molar-refractivity contribution < 1.29 is 9.53 Å². The zero-order valence-corrected chi connectivity index (χ0v) is 16.2. The van der Waals surface area contributed by atoms with Crippen molar-refractivity contribution in [3.05, 3.63) is 29.3 Å². The van der Waals surface area contributed by atoms with Gasteiger partial charge in [-0.2, -0.15) is 0 Å².